The van der Waals surface area contributed by atoms with Crippen molar-refractivity contribution in [1.82, 2.24) is 14.8 Å². The van der Waals surface area contributed by atoms with Crippen LogP contribution in [0.5, 0.6) is 0 Å². The Balaban J connectivity index is 1.53. The van der Waals surface area contributed by atoms with Gasteiger partial charge in [-0.1, -0.05) is 41.9 Å². The summed E-state index contributed by atoms with van der Waals surface area (Å²) in [5, 5.41) is 3.26. The quantitative estimate of drug-likeness (QED) is 0.546. The van der Waals surface area contributed by atoms with Crippen LogP contribution in [0.25, 0.3) is 11.8 Å². The first kappa shape index (κ1) is 17.1. The molecule has 2 heterocycles. The van der Waals surface area contributed by atoms with Gasteiger partial charge >= 0.3 is 6.03 Å². The predicted octanol–water partition coefficient (Wildman–Crippen LogP) is 4.22. The van der Waals surface area contributed by atoms with Gasteiger partial charge in [-0.3, -0.25) is 9.69 Å². The lowest BCUT2D eigenvalue weighted by Crippen LogP contribution is -2.30. The molecule has 1 aromatic heterocycles. The molecule has 0 aliphatic carbocycles. The highest BCUT2D eigenvalue weighted by Crippen LogP contribution is 2.19. The first-order chi connectivity index (χ1) is 13.1. The summed E-state index contributed by atoms with van der Waals surface area (Å²) < 4.78 is 1.96. The van der Waals surface area contributed by atoms with E-state index in [1.807, 2.05) is 53.4 Å². The van der Waals surface area contributed by atoms with Crippen molar-refractivity contribution >= 4 is 29.6 Å². The molecule has 1 fully saturated rings. The van der Waals surface area contributed by atoms with Crippen LogP contribution in [0, 0.1) is 0 Å². The molecular formula is C21H16ClN3O2. The van der Waals surface area contributed by atoms with Crippen LogP contribution in [0.1, 0.15) is 11.1 Å². The number of para-hydroxylation sites is 1. The van der Waals surface area contributed by atoms with E-state index >= 15 is 0 Å². The van der Waals surface area contributed by atoms with Crippen LogP contribution in [-0.2, 0) is 11.3 Å². The van der Waals surface area contributed by atoms with E-state index in [2.05, 4.69) is 5.32 Å². The largest absolute Gasteiger partial charge is 0.329 e. The Labute approximate surface area is 161 Å². The minimum atomic E-state index is -0.427. The second kappa shape index (κ2) is 7.13. The molecule has 1 N–H and O–H groups in total. The van der Waals surface area contributed by atoms with Gasteiger partial charge in [0.25, 0.3) is 5.91 Å². The van der Waals surface area contributed by atoms with Gasteiger partial charge in [0.05, 0.1) is 6.54 Å². The first-order valence-corrected chi connectivity index (χ1v) is 8.80. The van der Waals surface area contributed by atoms with Gasteiger partial charge in [0.1, 0.15) is 5.70 Å². The van der Waals surface area contributed by atoms with E-state index in [-0.39, 0.29) is 18.1 Å². The van der Waals surface area contributed by atoms with Crippen LogP contribution in [0.15, 0.2) is 78.8 Å². The summed E-state index contributed by atoms with van der Waals surface area (Å²) in [7, 11) is 0. The van der Waals surface area contributed by atoms with Crippen molar-refractivity contribution < 1.29 is 9.59 Å². The van der Waals surface area contributed by atoms with Crippen molar-refractivity contribution in [3.8, 4) is 5.69 Å². The number of nitrogens with zero attached hydrogens (tertiary/aromatic N) is 2. The van der Waals surface area contributed by atoms with Gasteiger partial charge in [-0.2, -0.15) is 0 Å². The lowest BCUT2D eigenvalue weighted by atomic mass is 10.2. The zero-order chi connectivity index (χ0) is 18.8. The number of rotatable bonds is 4. The minimum Gasteiger partial charge on any atom is -0.323 e. The summed E-state index contributed by atoms with van der Waals surface area (Å²) in [6.45, 7) is 0.199. The van der Waals surface area contributed by atoms with E-state index in [9.17, 15) is 9.59 Å². The second-order valence-electron chi connectivity index (χ2n) is 6.19. The average molecular weight is 378 g/mol. The molecule has 6 heteroatoms. The maximum absolute atomic E-state index is 12.6. The molecule has 4 rings (SSSR count). The molecule has 0 bridgehead atoms. The summed E-state index contributed by atoms with van der Waals surface area (Å²) in [4.78, 5) is 26.0. The number of hydrogen-bond donors (Lipinski definition) is 1. The Morgan fingerprint density at radius 2 is 1.70 bits per heavy atom. The van der Waals surface area contributed by atoms with Gasteiger partial charge < -0.3 is 9.88 Å². The SMILES string of the molecule is O=C1N/C(=C/c2ccn(-c3ccccc3)c2)C(=O)N1Cc1ccc(Cl)cc1. The molecule has 0 spiro atoms. The number of nitrogens with one attached hydrogen (secondary N) is 1. The molecule has 5 nitrogen and oxygen atoms in total. The molecule has 1 saturated heterocycles. The van der Waals surface area contributed by atoms with Gasteiger partial charge in [-0.25, -0.2) is 4.79 Å². The zero-order valence-electron chi connectivity index (χ0n) is 14.3. The number of hydrogen-bond acceptors (Lipinski definition) is 2. The topological polar surface area (TPSA) is 54.3 Å². The summed E-state index contributed by atoms with van der Waals surface area (Å²) in [5.41, 5.74) is 2.95. The third-order valence-corrected chi connectivity index (χ3v) is 4.55. The van der Waals surface area contributed by atoms with Crippen LogP contribution in [0.4, 0.5) is 4.79 Å². The molecule has 1 aliphatic rings. The molecule has 3 aromatic rings. The Bertz CT molecular complexity index is 1020. The van der Waals surface area contributed by atoms with Crippen molar-refractivity contribution in [3.63, 3.8) is 0 Å². The van der Waals surface area contributed by atoms with Crippen molar-refractivity contribution in [3.05, 3.63) is 94.9 Å². The molecule has 0 atom stereocenters. The Kier molecular flexibility index (Phi) is 4.52. The van der Waals surface area contributed by atoms with E-state index in [1.54, 1.807) is 30.3 Å². The predicted molar refractivity (Wildman–Crippen MR) is 104 cm³/mol. The van der Waals surface area contributed by atoms with E-state index in [0.29, 0.717) is 5.02 Å². The minimum absolute atomic E-state index is 0.199. The fourth-order valence-corrected chi connectivity index (χ4v) is 3.04. The molecular weight excluding hydrogens is 362 g/mol. The fourth-order valence-electron chi connectivity index (χ4n) is 2.91. The Morgan fingerprint density at radius 3 is 2.44 bits per heavy atom. The van der Waals surface area contributed by atoms with Crippen LogP contribution in [0.3, 0.4) is 0 Å². The molecule has 3 amide bonds. The second-order valence-corrected chi connectivity index (χ2v) is 6.63. The molecule has 2 aromatic carbocycles. The number of urea groups is 1. The molecule has 0 unspecified atom stereocenters. The smallest absolute Gasteiger partial charge is 0.323 e. The van der Waals surface area contributed by atoms with Crippen molar-refractivity contribution in [2.45, 2.75) is 6.54 Å². The summed E-state index contributed by atoms with van der Waals surface area (Å²) >= 11 is 5.87. The van der Waals surface area contributed by atoms with Crippen LogP contribution in [-0.4, -0.2) is 21.4 Å². The third kappa shape index (κ3) is 3.64. The summed E-state index contributed by atoms with van der Waals surface area (Å²) in [5.74, 6) is -0.345. The number of benzene rings is 2. The van der Waals surface area contributed by atoms with Crippen LogP contribution in [0.2, 0.25) is 5.02 Å². The number of carbonyl (C=O) groups excluding carboxylic acids is 2. The van der Waals surface area contributed by atoms with Gasteiger partial charge in [0, 0.05) is 23.1 Å². The van der Waals surface area contributed by atoms with Gasteiger partial charge in [0.15, 0.2) is 0 Å². The highest BCUT2D eigenvalue weighted by atomic mass is 35.5. The molecule has 1 aliphatic heterocycles. The monoisotopic (exact) mass is 377 g/mol. The molecule has 27 heavy (non-hydrogen) atoms. The third-order valence-electron chi connectivity index (χ3n) is 4.30. The van der Waals surface area contributed by atoms with E-state index in [0.717, 1.165) is 16.8 Å². The number of imide groups is 1. The van der Waals surface area contributed by atoms with Gasteiger partial charge in [-0.15, -0.1) is 0 Å². The lowest BCUT2D eigenvalue weighted by molar-refractivity contribution is -0.123. The Morgan fingerprint density at radius 1 is 0.963 bits per heavy atom. The van der Waals surface area contributed by atoms with Crippen molar-refractivity contribution in [2.75, 3.05) is 0 Å². The Hall–Kier alpha value is -3.31. The van der Waals surface area contributed by atoms with E-state index in [4.69, 9.17) is 11.6 Å². The number of amides is 3. The van der Waals surface area contributed by atoms with Gasteiger partial charge in [0.2, 0.25) is 0 Å². The fraction of sp³-hybridized carbons (Fsp3) is 0.0476. The van der Waals surface area contributed by atoms with Crippen LogP contribution < -0.4 is 5.32 Å². The first-order valence-electron chi connectivity index (χ1n) is 8.42. The molecule has 134 valence electrons. The maximum Gasteiger partial charge on any atom is 0.329 e. The summed E-state index contributed by atoms with van der Waals surface area (Å²) in [6.07, 6.45) is 5.50. The zero-order valence-corrected chi connectivity index (χ0v) is 15.1. The molecule has 0 saturated carbocycles. The van der Waals surface area contributed by atoms with Crippen molar-refractivity contribution in [1.29, 1.82) is 0 Å². The van der Waals surface area contributed by atoms with Crippen molar-refractivity contribution in [2.24, 2.45) is 0 Å². The standard InChI is InChI=1S/C21H16ClN3O2/c22-17-8-6-15(7-9-17)14-25-20(26)19(23-21(25)27)12-16-10-11-24(13-16)18-4-2-1-3-5-18/h1-13H,14H2,(H,23,27)/b19-12+. The number of aromatic nitrogens is 1. The molecule has 0 radical (unpaired) electrons. The van der Waals surface area contributed by atoms with E-state index in [1.165, 1.54) is 4.90 Å². The normalized spacial score (nSPS) is 15.4. The highest BCUT2D eigenvalue weighted by Gasteiger charge is 2.33. The lowest BCUT2D eigenvalue weighted by Gasteiger charge is -2.11. The maximum atomic E-state index is 12.6. The van der Waals surface area contributed by atoms with Gasteiger partial charge in [-0.05, 0) is 47.5 Å². The van der Waals surface area contributed by atoms with E-state index < -0.39 is 6.03 Å². The average Bonchev–Trinajstić information content (AvgIpc) is 3.25. The van der Waals surface area contributed by atoms with Crippen LogP contribution >= 0.6 is 11.6 Å². The highest BCUT2D eigenvalue weighted by molar-refractivity contribution is 6.30. The number of carbonyl (C=O) groups is 2. The number of halogens is 1. The summed E-state index contributed by atoms with van der Waals surface area (Å²) in [6, 6.07) is 18.4.